The Hall–Kier alpha value is -1.13. The van der Waals surface area contributed by atoms with Gasteiger partial charge in [0.15, 0.2) is 0 Å². The molecule has 4 nitrogen and oxygen atoms in total. The number of aromatic amines is 1. The minimum absolute atomic E-state index is 0.147. The maximum absolute atomic E-state index is 10.8. The van der Waals surface area contributed by atoms with Gasteiger partial charge in [0.2, 0.25) is 5.56 Å². The van der Waals surface area contributed by atoms with Gasteiger partial charge in [-0.2, -0.15) is 0 Å². The highest BCUT2D eigenvalue weighted by molar-refractivity contribution is 5.08. The number of H-pyrrole nitrogens is 1. The summed E-state index contributed by atoms with van der Waals surface area (Å²) < 4.78 is 0. The SMILES string of the molecule is NC[C@H](N)c1cccc(=O)[nH]1. The molecule has 1 atom stereocenters. The van der Waals surface area contributed by atoms with Crippen LogP contribution in [0.15, 0.2) is 23.0 Å². The van der Waals surface area contributed by atoms with Crippen LogP contribution in [0.5, 0.6) is 0 Å². The molecule has 0 saturated heterocycles. The number of nitrogens with one attached hydrogen (secondary N) is 1. The van der Waals surface area contributed by atoms with Gasteiger partial charge in [-0.05, 0) is 6.07 Å². The fraction of sp³-hybridized carbons (Fsp3) is 0.286. The van der Waals surface area contributed by atoms with Crippen molar-refractivity contribution in [2.75, 3.05) is 6.54 Å². The first-order chi connectivity index (χ1) is 5.24. The van der Waals surface area contributed by atoms with Crippen LogP contribution in [-0.2, 0) is 0 Å². The van der Waals surface area contributed by atoms with Gasteiger partial charge in [-0.3, -0.25) is 4.79 Å². The summed E-state index contributed by atoms with van der Waals surface area (Å²) in [4.78, 5) is 13.4. The van der Waals surface area contributed by atoms with Gasteiger partial charge in [-0.15, -0.1) is 0 Å². The topological polar surface area (TPSA) is 84.9 Å². The van der Waals surface area contributed by atoms with E-state index in [-0.39, 0.29) is 11.6 Å². The van der Waals surface area contributed by atoms with Gasteiger partial charge in [0, 0.05) is 18.3 Å². The lowest BCUT2D eigenvalue weighted by atomic mass is 10.2. The van der Waals surface area contributed by atoms with Crippen molar-refractivity contribution >= 4 is 0 Å². The van der Waals surface area contributed by atoms with Gasteiger partial charge in [-0.25, -0.2) is 0 Å². The molecule has 11 heavy (non-hydrogen) atoms. The van der Waals surface area contributed by atoms with E-state index in [1.807, 2.05) is 0 Å². The second-order valence-electron chi connectivity index (χ2n) is 2.31. The van der Waals surface area contributed by atoms with Crippen LogP contribution >= 0.6 is 0 Å². The summed E-state index contributed by atoms with van der Waals surface area (Å²) in [5.41, 5.74) is 11.4. The highest BCUT2D eigenvalue weighted by atomic mass is 16.1. The van der Waals surface area contributed by atoms with Gasteiger partial charge >= 0.3 is 0 Å². The van der Waals surface area contributed by atoms with Crippen LogP contribution in [0.4, 0.5) is 0 Å². The molecule has 0 spiro atoms. The average Bonchev–Trinajstić information content (AvgIpc) is 2.03. The average molecular weight is 153 g/mol. The van der Waals surface area contributed by atoms with Crippen molar-refractivity contribution in [3.8, 4) is 0 Å². The molecule has 0 bridgehead atoms. The number of rotatable bonds is 2. The predicted molar refractivity (Wildman–Crippen MR) is 43.0 cm³/mol. The zero-order chi connectivity index (χ0) is 8.27. The van der Waals surface area contributed by atoms with Crippen molar-refractivity contribution in [2.45, 2.75) is 6.04 Å². The molecule has 0 unspecified atom stereocenters. The molecule has 1 aromatic rings. The number of hydrogen-bond acceptors (Lipinski definition) is 3. The normalized spacial score (nSPS) is 12.9. The quantitative estimate of drug-likeness (QED) is 0.527. The summed E-state index contributed by atoms with van der Waals surface area (Å²) in [5.74, 6) is 0. The first-order valence-electron chi connectivity index (χ1n) is 3.39. The molecule has 0 aliphatic carbocycles. The van der Waals surface area contributed by atoms with E-state index in [1.165, 1.54) is 6.07 Å². The monoisotopic (exact) mass is 153 g/mol. The van der Waals surface area contributed by atoms with E-state index >= 15 is 0 Å². The van der Waals surface area contributed by atoms with Crippen LogP contribution < -0.4 is 17.0 Å². The lowest BCUT2D eigenvalue weighted by Crippen LogP contribution is -2.23. The summed E-state index contributed by atoms with van der Waals surface area (Å²) in [6, 6.07) is 4.57. The van der Waals surface area contributed by atoms with Gasteiger partial charge in [0.1, 0.15) is 0 Å². The molecule has 1 aromatic heterocycles. The van der Waals surface area contributed by atoms with Crippen molar-refractivity contribution < 1.29 is 0 Å². The fourth-order valence-corrected chi connectivity index (χ4v) is 0.808. The lowest BCUT2D eigenvalue weighted by molar-refractivity contribution is 0.708. The third-order valence-corrected chi connectivity index (χ3v) is 1.44. The number of nitrogens with two attached hydrogens (primary N) is 2. The highest BCUT2D eigenvalue weighted by Gasteiger charge is 2.01. The van der Waals surface area contributed by atoms with Crippen molar-refractivity contribution in [3.05, 3.63) is 34.2 Å². The van der Waals surface area contributed by atoms with Crippen molar-refractivity contribution in [1.82, 2.24) is 4.98 Å². The molecule has 0 aromatic carbocycles. The van der Waals surface area contributed by atoms with E-state index in [0.717, 1.165) is 0 Å². The molecule has 1 heterocycles. The van der Waals surface area contributed by atoms with Crippen molar-refractivity contribution in [3.63, 3.8) is 0 Å². The molecule has 4 heteroatoms. The molecule has 0 radical (unpaired) electrons. The molecule has 0 aliphatic rings. The molecule has 0 amide bonds. The van der Waals surface area contributed by atoms with E-state index in [2.05, 4.69) is 4.98 Å². The molecule has 0 fully saturated rings. The van der Waals surface area contributed by atoms with Gasteiger partial charge < -0.3 is 16.5 Å². The summed E-state index contributed by atoms with van der Waals surface area (Å²) in [7, 11) is 0. The zero-order valence-electron chi connectivity index (χ0n) is 6.08. The number of hydrogen-bond donors (Lipinski definition) is 3. The third kappa shape index (κ3) is 1.89. The van der Waals surface area contributed by atoms with Crippen LogP contribution in [-0.4, -0.2) is 11.5 Å². The van der Waals surface area contributed by atoms with Crippen LogP contribution in [0.25, 0.3) is 0 Å². The Morgan fingerprint density at radius 2 is 2.27 bits per heavy atom. The van der Waals surface area contributed by atoms with Crippen molar-refractivity contribution in [2.24, 2.45) is 11.5 Å². The Morgan fingerprint density at radius 3 is 2.82 bits per heavy atom. The second kappa shape index (κ2) is 3.32. The standard InChI is InChI=1S/C7H11N3O/c8-4-5(9)6-2-1-3-7(11)10-6/h1-3,5H,4,8-9H2,(H,10,11)/t5-/m0/s1. The fourth-order valence-electron chi connectivity index (χ4n) is 0.808. The maximum Gasteiger partial charge on any atom is 0.248 e. The largest absolute Gasteiger partial charge is 0.329 e. The van der Waals surface area contributed by atoms with E-state index in [9.17, 15) is 4.79 Å². The van der Waals surface area contributed by atoms with Gasteiger partial charge in [-0.1, -0.05) is 6.07 Å². The Morgan fingerprint density at radius 1 is 1.55 bits per heavy atom. The molecular weight excluding hydrogens is 142 g/mol. The van der Waals surface area contributed by atoms with Crippen molar-refractivity contribution in [1.29, 1.82) is 0 Å². The molecule has 1 rings (SSSR count). The first kappa shape index (κ1) is 7.97. The molecule has 0 aliphatic heterocycles. The van der Waals surface area contributed by atoms with E-state index < -0.39 is 0 Å². The van der Waals surface area contributed by atoms with Crippen LogP contribution in [0.2, 0.25) is 0 Å². The number of aromatic nitrogens is 1. The molecule has 5 N–H and O–H groups in total. The Labute approximate surface area is 64.2 Å². The second-order valence-corrected chi connectivity index (χ2v) is 2.31. The van der Waals surface area contributed by atoms with Crippen LogP contribution in [0.3, 0.4) is 0 Å². The summed E-state index contributed by atoms with van der Waals surface area (Å²) in [5, 5.41) is 0. The maximum atomic E-state index is 10.8. The minimum Gasteiger partial charge on any atom is -0.329 e. The third-order valence-electron chi connectivity index (χ3n) is 1.44. The zero-order valence-corrected chi connectivity index (χ0v) is 6.08. The smallest absolute Gasteiger partial charge is 0.248 e. The number of pyridine rings is 1. The minimum atomic E-state index is -0.274. The van der Waals surface area contributed by atoms with E-state index in [1.54, 1.807) is 12.1 Å². The van der Waals surface area contributed by atoms with Crippen LogP contribution in [0.1, 0.15) is 11.7 Å². The highest BCUT2D eigenvalue weighted by Crippen LogP contribution is 2.00. The summed E-state index contributed by atoms with van der Waals surface area (Å²) in [6.45, 7) is 0.333. The Kier molecular flexibility index (Phi) is 2.40. The summed E-state index contributed by atoms with van der Waals surface area (Å²) >= 11 is 0. The Balaban J connectivity index is 2.96. The molecular formula is C7H11N3O. The summed E-state index contributed by atoms with van der Waals surface area (Å²) in [6.07, 6.45) is 0. The van der Waals surface area contributed by atoms with Crippen LogP contribution in [0, 0.1) is 0 Å². The first-order valence-corrected chi connectivity index (χ1v) is 3.39. The lowest BCUT2D eigenvalue weighted by Gasteiger charge is -2.06. The molecule has 0 saturated carbocycles. The van der Waals surface area contributed by atoms with Gasteiger partial charge in [0.05, 0.1) is 6.04 Å². The van der Waals surface area contributed by atoms with E-state index in [4.69, 9.17) is 11.5 Å². The Bertz CT molecular complexity index is 281. The predicted octanol–water partition coefficient (Wildman–Crippen LogP) is -0.667. The van der Waals surface area contributed by atoms with Gasteiger partial charge in [0.25, 0.3) is 0 Å². The molecule has 60 valence electrons. The van der Waals surface area contributed by atoms with E-state index in [0.29, 0.717) is 12.2 Å².